The molecule has 0 radical (unpaired) electrons. The van der Waals surface area contributed by atoms with Gasteiger partial charge >= 0.3 is 20.1 Å². The zero-order valence-electron chi connectivity index (χ0n) is 23.3. The summed E-state index contributed by atoms with van der Waals surface area (Å²) in [6.07, 6.45) is 3.33. The Morgan fingerprint density at radius 3 is 1.67 bits per heavy atom. The fraction of sp³-hybridized carbons (Fsp3) is 0.417. The number of hydrogen-bond donors (Lipinski definition) is 3. The third kappa shape index (κ3) is 18.5. The molecule has 2 aliphatic heterocycles. The number of nitrogens with two attached hydrogens (primary N) is 1. The molecular formula is C24H26Br2Cl6N6O8. The molecule has 2 aliphatic rings. The number of halogens is 8. The van der Waals surface area contributed by atoms with Gasteiger partial charge in [0.2, 0.25) is 0 Å². The number of nitrogens with one attached hydrogen (secondary N) is 2. The van der Waals surface area contributed by atoms with Crippen molar-refractivity contribution in [2.24, 2.45) is 0 Å². The summed E-state index contributed by atoms with van der Waals surface area (Å²) in [7, 11) is 0. The number of nitrogens with zero attached hydrogens (tertiary/aromatic N) is 3. The first-order chi connectivity index (χ1) is 21.3. The van der Waals surface area contributed by atoms with Gasteiger partial charge in [0.05, 0.1) is 9.85 Å². The number of rotatable bonds is 3. The number of carbonyl (C=O) groups excluding carboxylic acids is 2. The van der Waals surface area contributed by atoms with E-state index in [0.717, 1.165) is 17.3 Å². The van der Waals surface area contributed by atoms with E-state index in [1.807, 2.05) is 0 Å². The van der Waals surface area contributed by atoms with Gasteiger partial charge in [-0.05, 0) is 133 Å². The van der Waals surface area contributed by atoms with Crippen molar-refractivity contribution in [3.63, 3.8) is 0 Å². The number of hydrogen-bond acceptors (Lipinski definition) is 10. The maximum absolute atomic E-state index is 11.9. The summed E-state index contributed by atoms with van der Waals surface area (Å²) in [4.78, 5) is 44.1. The van der Waals surface area contributed by atoms with Crippen LogP contribution in [0, 0.1) is 20.2 Å². The number of amides is 2. The molecule has 0 aromatic heterocycles. The Labute approximate surface area is 309 Å². The van der Waals surface area contributed by atoms with Crippen molar-refractivity contribution in [1.29, 1.82) is 0 Å². The van der Waals surface area contributed by atoms with Gasteiger partial charge in [-0.3, -0.25) is 20.2 Å². The highest BCUT2D eigenvalue weighted by Gasteiger charge is 2.32. The lowest BCUT2D eigenvalue weighted by Crippen LogP contribution is -2.32. The van der Waals surface area contributed by atoms with Crippen LogP contribution in [0.15, 0.2) is 45.3 Å². The van der Waals surface area contributed by atoms with E-state index in [0.29, 0.717) is 17.6 Å². The Hall–Kier alpha value is -1.76. The quantitative estimate of drug-likeness (QED) is 0.0880. The molecule has 14 nitrogen and oxygen atoms in total. The van der Waals surface area contributed by atoms with Gasteiger partial charge in [0.1, 0.15) is 11.4 Å². The van der Waals surface area contributed by atoms with Gasteiger partial charge < -0.3 is 30.7 Å². The highest BCUT2D eigenvalue weighted by Crippen LogP contribution is 2.32. The van der Waals surface area contributed by atoms with Crippen LogP contribution in [-0.4, -0.2) is 61.1 Å². The maximum Gasteiger partial charge on any atom is 0.515 e. The molecular weight excluding hydrogens is 873 g/mol. The lowest BCUT2D eigenvalue weighted by molar-refractivity contribution is -0.384. The summed E-state index contributed by atoms with van der Waals surface area (Å²) in [5.41, 5.74) is 5.57. The Balaban J connectivity index is 0.000000331. The second kappa shape index (κ2) is 20.6. The smallest absolute Gasteiger partial charge is 0.393 e. The zero-order chi connectivity index (χ0) is 35.1. The molecule has 2 saturated heterocycles. The topological polar surface area (TPSA) is 192 Å². The van der Waals surface area contributed by atoms with Crippen molar-refractivity contribution in [3.8, 4) is 0 Å². The lowest BCUT2D eigenvalue weighted by atomic mass is 10.2. The minimum atomic E-state index is -2.24. The summed E-state index contributed by atoms with van der Waals surface area (Å²) in [6, 6.07) is 8.62. The molecule has 0 bridgehead atoms. The van der Waals surface area contributed by atoms with Crippen LogP contribution in [0.2, 0.25) is 0 Å². The number of ether oxygens (including phenoxy) is 2. The van der Waals surface area contributed by atoms with Crippen LogP contribution in [-0.2, 0) is 9.47 Å². The third-order valence-corrected chi connectivity index (χ3v) is 6.78. The fourth-order valence-electron chi connectivity index (χ4n) is 3.41. The number of nitrogen functional groups attached to an aromatic ring is 1. The first-order valence-corrected chi connectivity index (χ1v) is 16.6. The Morgan fingerprint density at radius 1 is 0.826 bits per heavy atom. The SMILES string of the molecule is C1CCNC1.Nc1cc(Br)ccc1[N+](=O)[O-].O=C(Nc1cc(Br)ccc1[N+](=O)[O-])N1CCCC1.O=C(OC(Cl)(Cl)Cl)OC(Cl)(Cl)Cl. The molecule has 2 aromatic carbocycles. The van der Waals surface area contributed by atoms with Gasteiger partial charge in [-0.2, -0.15) is 0 Å². The average Bonchev–Trinajstić information content (AvgIpc) is 3.64. The van der Waals surface area contributed by atoms with E-state index >= 15 is 0 Å². The number of carbonyl (C=O) groups is 2. The van der Waals surface area contributed by atoms with E-state index in [-0.39, 0.29) is 28.8 Å². The minimum absolute atomic E-state index is 0.0619. The molecule has 4 N–H and O–H groups in total. The van der Waals surface area contributed by atoms with Gasteiger partial charge in [0, 0.05) is 34.2 Å². The van der Waals surface area contributed by atoms with Crippen molar-refractivity contribution < 1.29 is 28.9 Å². The molecule has 4 rings (SSSR count). The number of nitro benzene ring substituents is 2. The molecule has 0 atom stereocenters. The average molecular weight is 899 g/mol. The Kier molecular flexibility index (Phi) is 18.9. The minimum Gasteiger partial charge on any atom is -0.393 e. The van der Waals surface area contributed by atoms with E-state index in [4.69, 9.17) is 75.3 Å². The number of anilines is 2. The van der Waals surface area contributed by atoms with Gasteiger partial charge in [0.25, 0.3) is 11.4 Å². The number of urea groups is 1. The summed E-state index contributed by atoms with van der Waals surface area (Å²) in [6.45, 7) is 3.90. The van der Waals surface area contributed by atoms with Crippen LogP contribution < -0.4 is 16.4 Å². The summed E-state index contributed by atoms with van der Waals surface area (Å²) in [5, 5.41) is 26.9. The molecule has 256 valence electrons. The van der Waals surface area contributed by atoms with Crippen LogP contribution in [0.3, 0.4) is 0 Å². The first kappa shape index (κ1) is 42.3. The van der Waals surface area contributed by atoms with Gasteiger partial charge in [-0.25, -0.2) is 9.59 Å². The highest BCUT2D eigenvalue weighted by molar-refractivity contribution is 9.10. The Morgan fingerprint density at radius 2 is 1.28 bits per heavy atom. The van der Waals surface area contributed by atoms with Crippen LogP contribution in [0.1, 0.15) is 25.7 Å². The van der Waals surface area contributed by atoms with Gasteiger partial charge in [-0.1, -0.05) is 31.9 Å². The number of likely N-dealkylation sites (tertiary alicyclic amines) is 1. The Bertz CT molecular complexity index is 1320. The summed E-state index contributed by atoms with van der Waals surface area (Å²) >= 11 is 36.6. The van der Waals surface area contributed by atoms with Crippen LogP contribution in [0.5, 0.6) is 0 Å². The summed E-state index contributed by atoms with van der Waals surface area (Å²) in [5.74, 6) is 0. The monoisotopic (exact) mass is 894 g/mol. The van der Waals surface area contributed by atoms with E-state index in [2.05, 4.69) is 52.0 Å². The zero-order valence-corrected chi connectivity index (χ0v) is 31.0. The van der Waals surface area contributed by atoms with Crippen molar-refractivity contribution in [2.45, 2.75) is 33.6 Å². The van der Waals surface area contributed by atoms with Crippen LogP contribution in [0.4, 0.5) is 32.3 Å². The molecule has 2 heterocycles. The predicted molar refractivity (Wildman–Crippen MR) is 186 cm³/mol. The van der Waals surface area contributed by atoms with Crippen molar-refractivity contribution in [1.82, 2.24) is 10.2 Å². The normalized spacial score (nSPS) is 13.9. The molecule has 0 aliphatic carbocycles. The second-order valence-electron chi connectivity index (χ2n) is 8.81. The van der Waals surface area contributed by atoms with Gasteiger partial charge in [-0.15, -0.1) is 0 Å². The van der Waals surface area contributed by atoms with E-state index in [9.17, 15) is 29.8 Å². The molecule has 0 unspecified atom stereocenters. The fourth-order valence-corrected chi connectivity index (χ4v) is 4.53. The largest absolute Gasteiger partial charge is 0.515 e. The second-order valence-corrected chi connectivity index (χ2v) is 15.0. The maximum atomic E-state index is 11.9. The predicted octanol–water partition coefficient (Wildman–Crippen LogP) is 9.09. The van der Waals surface area contributed by atoms with E-state index < -0.39 is 24.0 Å². The molecule has 2 aromatic rings. The number of benzene rings is 2. The first-order valence-electron chi connectivity index (χ1n) is 12.7. The summed E-state index contributed by atoms with van der Waals surface area (Å²) < 4.78 is 4.93. The van der Waals surface area contributed by atoms with E-state index in [1.165, 1.54) is 50.2 Å². The molecule has 2 amide bonds. The van der Waals surface area contributed by atoms with Crippen LogP contribution in [0.25, 0.3) is 0 Å². The third-order valence-electron chi connectivity index (χ3n) is 5.33. The van der Waals surface area contributed by atoms with Crippen molar-refractivity contribution in [2.75, 3.05) is 37.2 Å². The van der Waals surface area contributed by atoms with E-state index in [1.54, 1.807) is 17.0 Å². The number of alkyl halides is 6. The van der Waals surface area contributed by atoms with Crippen molar-refractivity contribution in [3.05, 3.63) is 65.6 Å². The molecule has 2 fully saturated rings. The van der Waals surface area contributed by atoms with Crippen molar-refractivity contribution >= 4 is 136 Å². The molecule has 0 spiro atoms. The highest BCUT2D eigenvalue weighted by atomic mass is 79.9. The standard InChI is InChI=1S/C11H12BrN3O3.C6H5BrN2O2.C4H9N.C3Cl6O3/c12-8-3-4-10(15(17)18)9(7-8)13-11(16)14-5-1-2-6-14;7-4-1-2-6(9(10)11)5(8)3-4;1-2-4-5-3-1;4-2(5,6)11-1(10)12-3(7,8)9/h3-4,7H,1-2,5-6H2,(H,13,16);1-3H,8H2;5H,1-4H2;. The molecule has 0 saturated carbocycles. The van der Waals surface area contributed by atoms with Crippen LogP contribution >= 0.6 is 101 Å². The molecule has 22 heteroatoms. The van der Waals surface area contributed by atoms with Gasteiger partial charge in [0.15, 0.2) is 0 Å². The molecule has 46 heavy (non-hydrogen) atoms. The number of nitro groups is 2. The lowest BCUT2D eigenvalue weighted by Gasteiger charge is -2.16.